The lowest BCUT2D eigenvalue weighted by atomic mass is 9.83. The Labute approximate surface area is 143 Å². The van der Waals surface area contributed by atoms with Gasteiger partial charge in [0.2, 0.25) is 0 Å². The smallest absolute Gasteiger partial charge is 0.157 e. The van der Waals surface area contributed by atoms with Crippen molar-refractivity contribution in [1.82, 2.24) is 4.90 Å². The zero-order chi connectivity index (χ0) is 15.7. The van der Waals surface area contributed by atoms with Crippen molar-refractivity contribution in [3.8, 4) is 0 Å². The first kappa shape index (κ1) is 15.1. The van der Waals surface area contributed by atoms with E-state index in [0.717, 1.165) is 13.0 Å². The van der Waals surface area contributed by atoms with E-state index in [-0.39, 0.29) is 5.54 Å². The topological polar surface area (TPSA) is 3.24 Å². The molecule has 4 rings (SSSR count). The molecule has 1 aliphatic carbocycles. The second-order valence-electron chi connectivity index (χ2n) is 7.02. The monoisotopic (exact) mass is 324 g/mol. The highest BCUT2D eigenvalue weighted by molar-refractivity contribution is 8.00. The molecule has 1 nitrogen and oxygen atoms in total. The maximum atomic E-state index is 2.62. The predicted molar refractivity (Wildman–Crippen MR) is 101 cm³/mol. The Balaban J connectivity index is 1.56. The second-order valence-corrected chi connectivity index (χ2v) is 9.29. The van der Waals surface area contributed by atoms with Crippen LogP contribution >= 0.6 is 0 Å². The molecule has 1 fully saturated rings. The first-order valence-electron chi connectivity index (χ1n) is 8.83. The Morgan fingerprint density at radius 1 is 1.13 bits per heavy atom. The highest BCUT2D eigenvalue weighted by atomic mass is 32.2. The van der Waals surface area contributed by atoms with Crippen LogP contribution in [0.2, 0.25) is 0 Å². The van der Waals surface area contributed by atoms with Crippen LogP contribution in [-0.4, -0.2) is 28.5 Å². The Morgan fingerprint density at radius 2 is 1.91 bits per heavy atom. The fourth-order valence-electron chi connectivity index (χ4n) is 4.10. The maximum Gasteiger partial charge on any atom is 0.157 e. The average Bonchev–Trinajstić information content (AvgIpc) is 3.19. The van der Waals surface area contributed by atoms with Crippen molar-refractivity contribution in [3.63, 3.8) is 0 Å². The second kappa shape index (κ2) is 6.24. The van der Waals surface area contributed by atoms with Gasteiger partial charge in [0.05, 0.1) is 17.7 Å². The van der Waals surface area contributed by atoms with Crippen LogP contribution in [0.4, 0.5) is 0 Å². The summed E-state index contributed by atoms with van der Waals surface area (Å²) in [4.78, 5) is 4.34. The number of allylic oxidation sites excluding steroid dienone is 2. The van der Waals surface area contributed by atoms with Crippen molar-refractivity contribution in [3.05, 3.63) is 71.3 Å². The minimum Gasteiger partial charge on any atom is -0.363 e. The van der Waals surface area contributed by atoms with E-state index in [4.69, 9.17) is 0 Å². The lowest BCUT2D eigenvalue weighted by molar-refractivity contribution is 0.212. The Hall–Kier alpha value is -1.41. The van der Waals surface area contributed by atoms with E-state index in [1.54, 1.807) is 4.91 Å². The molecule has 2 heterocycles. The third-order valence-corrected chi connectivity index (χ3v) is 8.12. The van der Waals surface area contributed by atoms with Crippen LogP contribution in [0.3, 0.4) is 0 Å². The molecule has 120 valence electrons. The highest BCUT2D eigenvalue weighted by Gasteiger charge is 2.50. The van der Waals surface area contributed by atoms with E-state index >= 15 is 0 Å². The van der Waals surface area contributed by atoms with Crippen molar-refractivity contribution in [2.75, 3.05) is 18.1 Å². The van der Waals surface area contributed by atoms with E-state index in [1.165, 1.54) is 29.9 Å². The van der Waals surface area contributed by atoms with Crippen LogP contribution in [-0.2, 0) is 17.3 Å². The van der Waals surface area contributed by atoms with Crippen LogP contribution in [0.25, 0.3) is 0 Å². The molecule has 2 aliphatic heterocycles. The van der Waals surface area contributed by atoms with Crippen molar-refractivity contribution in [2.45, 2.75) is 31.7 Å². The number of benzene rings is 1. The van der Waals surface area contributed by atoms with Gasteiger partial charge in [0, 0.05) is 17.4 Å². The van der Waals surface area contributed by atoms with Crippen molar-refractivity contribution >= 4 is 10.9 Å². The van der Waals surface area contributed by atoms with E-state index in [9.17, 15) is 0 Å². The number of fused-ring (bicyclic) bond motifs is 1. The number of nitrogens with zero attached hydrogens (tertiary/aromatic N) is 1. The van der Waals surface area contributed by atoms with Crippen LogP contribution in [0.1, 0.15) is 25.3 Å². The molecule has 0 radical (unpaired) electrons. The third-order valence-electron chi connectivity index (χ3n) is 5.54. The highest BCUT2D eigenvalue weighted by Crippen LogP contribution is 2.45. The molecule has 1 aromatic rings. The van der Waals surface area contributed by atoms with Crippen LogP contribution in [0.15, 0.2) is 65.7 Å². The molecule has 0 aromatic heterocycles. The van der Waals surface area contributed by atoms with Gasteiger partial charge in [-0.05, 0) is 31.7 Å². The van der Waals surface area contributed by atoms with Crippen molar-refractivity contribution in [1.29, 1.82) is 0 Å². The summed E-state index contributed by atoms with van der Waals surface area (Å²) >= 11 is 0. The van der Waals surface area contributed by atoms with Gasteiger partial charge in [-0.1, -0.05) is 54.6 Å². The fourth-order valence-corrected chi connectivity index (χ4v) is 6.83. The Bertz CT molecular complexity index is 639. The van der Waals surface area contributed by atoms with Gasteiger partial charge in [0.1, 0.15) is 11.5 Å². The summed E-state index contributed by atoms with van der Waals surface area (Å²) in [7, 11) is 0.519. The van der Waals surface area contributed by atoms with E-state index in [0.29, 0.717) is 16.8 Å². The molecule has 0 spiro atoms. The van der Waals surface area contributed by atoms with Crippen LogP contribution in [0.5, 0.6) is 0 Å². The standard InChI is InChI=1S/C21H26NS/c1-21-13-6-5-11-19(21)20(23-15-7-8-16-23)17-22(21)14-12-18-9-3-2-4-10-18/h2-6,9-11,13,17,19H,7-8,12,14-16H2,1H3/q+1. The van der Waals surface area contributed by atoms with Crippen LogP contribution < -0.4 is 0 Å². The summed E-state index contributed by atoms with van der Waals surface area (Å²) in [6, 6.07) is 10.9. The first-order chi connectivity index (χ1) is 11.3. The predicted octanol–water partition coefficient (Wildman–Crippen LogP) is 4.30. The van der Waals surface area contributed by atoms with E-state index in [2.05, 4.69) is 72.7 Å². The van der Waals surface area contributed by atoms with Crippen molar-refractivity contribution in [2.24, 2.45) is 5.92 Å². The number of hydrogen-bond donors (Lipinski definition) is 0. The maximum absolute atomic E-state index is 2.62. The summed E-state index contributed by atoms with van der Waals surface area (Å²) in [5.74, 6) is 3.43. The molecule has 0 N–H and O–H groups in total. The SMILES string of the molecule is CC12C=CC=CC1C([S+]1CCCC1)=CN2CCc1ccccc1. The van der Waals surface area contributed by atoms with E-state index < -0.39 is 0 Å². The van der Waals surface area contributed by atoms with Crippen LogP contribution in [0, 0.1) is 5.92 Å². The number of hydrogen-bond acceptors (Lipinski definition) is 1. The lowest BCUT2D eigenvalue weighted by Crippen LogP contribution is -2.44. The fraction of sp³-hybridized carbons (Fsp3) is 0.429. The minimum atomic E-state index is 0.147. The van der Waals surface area contributed by atoms with Gasteiger partial charge in [-0.3, -0.25) is 0 Å². The molecule has 0 saturated carbocycles. The first-order valence-corrected chi connectivity index (χ1v) is 10.4. The lowest BCUT2D eigenvalue weighted by Gasteiger charge is -2.38. The zero-order valence-electron chi connectivity index (χ0n) is 13.9. The van der Waals surface area contributed by atoms with Gasteiger partial charge >= 0.3 is 0 Å². The summed E-state index contributed by atoms with van der Waals surface area (Å²) in [5, 5.41) is 0. The van der Waals surface area contributed by atoms with Gasteiger partial charge in [0.15, 0.2) is 4.91 Å². The molecule has 0 amide bonds. The molecule has 1 aromatic carbocycles. The Kier molecular flexibility index (Phi) is 4.11. The largest absolute Gasteiger partial charge is 0.363 e. The molecule has 0 bridgehead atoms. The molecule has 3 aliphatic rings. The zero-order valence-corrected chi connectivity index (χ0v) is 14.8. The minimum absolute atomic E-state index is 0.147. The quantitative estimate of drug-likeness (QED) is 0.747. The molecule has 2 unspecified atom stereocenters. The summed E-state index contributed by atoms with van der Waals surface area (Å²) in [6.45, 7) is 3.53. The summed E-state index contributed by atoms with van der Waals surface area (Å²) in [5.41, 5.74) is 1.59. The molecule has 23 heavy (non-hydrogen) atoms. The summed E-state index contributed by atoms with van der Waals surface area (Å²) in [6.07, 6.45) is 15.9. The van der Waals surface area contributed by atoms with E-state index in [1.807, 2.05) is 0 Å². The van der Waals surface area contributed by atoms with Gasteiger partial charge in [-0.2, -0.15) is 0 Å². The molecule has 1 saturated heterocycles. The molecule has 2 heteroatoms. The third kappa shape index (κ3) is 2.78. The average molecular weight is 325 g/mol. The number of rotatable bonds is 4. The van der Waals surface area contributed by atoms with Gasteiger partial charge < -0.3 is 4.90 Å². The Morgan fingerprint density at radius 3 is 2.70 bits per heavy atom. The van der Waals surface area contributed by atoms with Gasteiger partial charge in [-0.15, -0.1) is 0 Å². The summed E-state index contributed by atoms with van der Waals surface area (Å²) < 4.78 is 0. The molecule has 2 atom stereocenters. The molecular weight excluding hydrogens is 298 g/mol. The van der Waals surface area contributed by atoms with Crippen molar-refractivity contribution < 1.29 is 0 Å². The van der Waals surface area contributed by atoms with Gasteiger partial charge in [0.25, 0.3) is 0 Å². The van der Waals surface area contributed by atoms with Gasteiger partial charge in [-0.25, -0.2) is 0 Å². The normalized spacial score (nSPS) is 29.9. The molecular formula is C21H26NS+.